The second kappa shape index (κ2) is 5.54. The van der Waals surface area contributed by atoms with Gasteiger partial charge in [0.25, 0.3) is 0 Å². The van der Waals surface area contributed by atoms with E-state index >= 15 is 0 Å². The summed E-state index contributed by atoms with van der Waals surface area (Å²) < 4.78 is 4.81. The van der Waals surface area contributed by atoms with E-state index in [-0.39, 0.29) is 0 Å². The third-order valence-electron chi connectivity index (χ3n) is 2.69. The molecule has 0 radical (unpaired) electrons. The lowest BCUT2D eigenvalue weighted by molar-refractivity contribution is 0.384. The molecule has 82 valence electrons. The Morgan fingerprint density at radius 2 is 2.00 bits per heavy atom. The van der Waals surface area contributed by atoms with Crippen LogP contribution >= 0.6 is 0 Å². The summed E-state index contributed by atoms with van der Waals surface area (Å²) in [5.41, 5.74) is 4.03. The van der Waals surface area contributed by atoms with Gasteiger partial charge in [-0.05, 0) is 43.4 Å². The van der Waals surface area contributed by atoms with E-state index in [4.69, 9.17) is 10.1 Å². The van der Waals surface area contributed by atoms with Crippen LogP contribution in [0, 0.1) is 19.3 Å². The molecular weight excluding hydrogens is 186 g/mol. The van der Waals surface area contributed by atoms with Crippen molar-refractivity contribution in [3.05, 3.63) is 34.9 Å². The molecule has 0 atom stereocenters. The second-order valence-electron chi connectivity index (χ2n) is 3.90. The minimum Gasteiger partial charge on any atom is -0.484 e. The van der Waals surface area contributed by atoms with Crippen molar-refractivity contribution in [3.8, 4) is 0 Å². The van der Waals surface area contributed by atoms with Gasteiger partial charge in [0.15, 0.2) is 5.90 Å². The number of hydrogen-bond acceptors (Lipinski definition) is 2. The monoisotopic (exact) mass is 205 g/mol. The minimum atomic E-state index is 0.374. The predicted octanol–water partition coefficient (Wildman–Crippen LogP) is 3.25. The average molecular weight is 205 g/mol. The standard InChI is InChI=1S/C13H19NO/c1-10-7-8-12(9-11(10)2)5-4-6-13(14)15-3/h7-9,14H,4-6H2,1-3H3. The maximum Gasteiger partial charge on any atom is 0.180 e. The van der Waals surface area contributed by atoms with Crippen LogP contribution < -0.4 is 0 Å². The van der Waals surface area contributed by atoms with Crippen LogP contribution in [0.1, 0.15) is 29.5 Å². The molecule has 1 aromatic carbocycles. The summed E-state index contributed by atoms with van der Waals surface area (Å²) in [5.74, 6) is 0.374. The molecular formula is C13H19NO. The molecule has 0 amide bonds. The molecule has 0 aliphatic carbocycles. The first kappa shape index (κ1) is 11.8. The van der Waals surface area contributed by atoms with Gasteiger partial charge in [0.05, 0.1) is 7.11 Å². The summed E-state index contributed by atoms with van der Waals surface area (Å²) in [6.45, 7) is 4.26. The maximum absolute atomic E-state index is 7.36. The minimum absolute atomic E-state index is 0.374. The Morgan fingerprint density at radius 1 is 1.27 bits per heavy atom. The molecule has 2 heteroatoms. The van der Waals surface area contributed by atoms with Crippen molar-refractivity contribution in [2.45, 2.75) is 33.1 Å². The SMILES string of the molecule is COC(=N)CCCc1ccc(C)c(C)c1. The van der Waals surface area contributed by atoms with Crippen molar-refractivity contribution >= 4 is 5.90 Å². The van der Waals surface area contributed by atoms with Crippen LogP contribution in [-0.2, 0) is 11.2 Å². The molecule has 0 fully saturated rings. The Hall–Kier alpha value is -1.31. The van der Waals surface area contributed by atoms with Gasteiger partial charge in [-0.1, -0.05) is 18.2 Å². The van der Waals surface area contributed by atoms with Crippen LogP contribution in [0.4, 0.5) is 0 Å². The summed E-state index contributed by atoms with van der Waals surface area (Å²) in [6.07, 6.45) is 2.73. The molecule has 0 saturated carbocycles. The topological polar surface area (TPSA) is 33.1 Å². The van der Waals surface area contributed by atoms with Crippen molar-refractivity contribution in [2.75, 3.05) is 7.11 Å². The molecule has 15 heavy (non-hydrogen) atoms. The molecule has 0 aromatic heterocycles. The third-order valence-corrected chi connectivity index (χ3v) is 2.69. The zero-order valence-electron chi connectivity index (χ0n) is 9.76. The van der Waals surface area contributed by atoms with E-state index in [0.29, 0.717) is 5.90 Å². The van der Waals surface area contributed by atoms with Gasteiger partial charge in [0.1, 0.15) is 0 Å². The van der Waals surface area contributed by atoms with Gasteiger partial charge in [-0.25, -0.2) is 0 Å². The van der Waals surface area contributed by atoms with Crippen LogP contribution in [0.5, 0.6) is 0 Å². The smallest absolute Gasteiger partial charge is 0.180 e. The normalized spacial score (nSPS) is 10.1. The lowest BCUT2D eigenvalue weighted by Crippen LogP contribution is -1.99. The van der Waals surface area contributed by atoms with E-state index in [2.05, 4.69) is 32.0 Å². The van der Waals surface area contributed by atoms with Gasteiger partial charge >= 0.3 is 0 Å². The molecule has 0 aliphatic heterocycles. The lowest BCUT2D eigenvalue weighted by atomic mass is 10.0. The van der Waals surface area contributed by atoms with Gasteiger partial charge in [0.2, 0.25) is 0 Å². The molecule has 0 unspecified atom stereocenters. The van der Waals surface area contributed by atoms with E-state index in [9.17, 15) is 0 Å². The number of aryl methyl sites for hydroxylation is 3. The molecule has 1 aromatic rings. The van der Waals surface area contributed by atoms with E-state index in [1.54, 1.807) is 7.11 Å². The molecule has 1 N–H and O–H groups in total. The van der Waals surface area contributed by atoms with Gasteiger partial charge in [-0.2, -0.15) is 0 Å². The zero-order chi connectivity index (χ0) is 11.3. The molecule has 0 heterocycles. The largest absolute Gasteiger partial charge is 0.484 e. The number of methoxy groups -OCH3 is 1. The Labute approximate surface area is 91.8 Å². The average Bonchev–Trinajstić information content (AvgIpc) is 2.23. The number of benzene rings is 1. The highest BCUT2D eigenvalue weighted by molar-refractivity contribution is 5.72. The highest BCUT2D eigenvalue weighted by atomic mass is 16.5. The van der Waals surface area contributed by atoms with Crippen molar-refractivity contribution in [1.82, 2.24) is 0 Å². The third kappa shape index (κ3) is 3.74. The number of hydrogen-bond donors (Lipinski definition) is 1. The first-order valence-electron chi connectivity index (χ1n) is 5.31. The summed E-state index contributed by atoms with van der Waals surface area (Å²) in [4.78, 5) is 0. The predicted molar refractivity (Wildman–Crippen MR) is 63.6 cm³/mol. The fraction of sp³-hybridized carbons (Fsp3) is 0.462. The van der Waals surface area contributed by atoms with Crippen molar-refractivity contribution in [1.29, 1.82) is 5.41 Å². The highest BCUT2D eigenvalue weighted by Gasteiger charge is 1.99. The molecule has 0 spiro atoms. The fourth-order valence-corrected chi connectivity index (χ4v) is 1.51. The fourth-order valence-electron chi connectivity index (χ4n) is 1.51. The summed E-state index contributed by atoms with van der Waals surface area (Å²) in [5, 5.41) is 7.36. The Morgan fingerprint density at radius 3 is 2.60 bits per heavy atom. The Balaban J connectivity index is 2.44. The van der Waals surface area contributed by atoms with Gasteiger partial charge in [-0.15, -0.1) is 0 Å². The first-order chi connectivity index (χ1) is 7.13. The lowest BCUT2D eigenvalue weighted by Gasteiger charge is -2.05. The van der Waals surface area contributed by atoms with Crippen LogP contribution in [0.3, 0.4) is 0 Å². The number of rotatable bonds is 4. The molecule has 2 nitrogen and oxygen atoms in total. The first-order valence-corrected chi connectivity index (χ1v) is 5.31. The summed E-state index contributed by atoms with van der Waals surface area (Å²) >= 11 is 0. The van der Waals surface area contributed by atoms with E-state index in [1.807, 2.05) is 0 Å². The molecule has 0 aliphatic rings. The van der Waals surface area contributed by atoms with Gasteiger partial charge in [0, 0.05) is 6.42 Å². The van der Waals surface area contributed by atoms with E-state index in [0.717, 1.165) is 19.3 Å². The number of nitrogens with one attached hydrogen (secondary N) is 1. The Bertz CT molecular complexity index is 344. The van der Waals surface area contributed by atoms with Gasteiger partial charge in [-0.3, -0.25) is 5.41 Å². The van der Waals surface area contributed by atoms with Crippen LogP contribution in [-0.4, -0.2) is 13.0 Å². The maximum atomic E-state index is 7.36. The zero-order valence-corrected chi connectivity index (χ0v) is 9.76. The second-order valence-corrected chi connectivity index (χ2v) is 3.90. The van der Waals surface area contributed by atoms with Gasteiger partial charge < -0.3 is 4.74 Å². The molecule has 0 bridgehead atoms. The van der Waals surface area contributed by atoms with Crippen LogP contribution in [0.15, 0.2) is 18.2 Å². The van der Waals surface area contributed by atoms with E-state index in [1.165, 1.54) is 16.7 Å². The van der Waals surface area contributed by atoms with Crippen LogP contribution in [0.2, 0.25) is 0 Å². The number of ether oxygens (including phenoxy) is 1. The van der Waals surface area contributed by atoms with Crippen molar-refractivity contribution in [3.63, 3.8) is 0 Å². The summed E-state index contributed by atoms with van der Waals surface area (Å²) in [7, 11) is 1.55. The summed E-state index contributed by atoms with van der Waals surface area (Å²) in [6, 6.07) is 6.55. The van der Waals surface area contributed by atoms with Crippen molar-refractivity contribution < 1.29 is 4.74 Å². The van der Waals surface area contributed by atoms with E-state index < -0.39 is 0 Å². The Kier molecular flexibility index (Phi) is 4.35. The van der Waals surface area contributed by atoms with Crippen LogP contribution in [0.25, 0.3) is 0 Å². The molecule has 0 saturated heterocycles. The van der Waals surface area contributed by atoms with Crippen molar-refractivity contribution in [2.24, 2.45) is 0 Å². The quantitative estimate of drug-likeness (QED) is 0.594. The highest BCUT2D eigenvalue weighted by Crippen LogP contribution is 2.12. The molecule has 1 rings (SSSR count).